The number of aliphatic imine (C=N–C) groups is 1. The van der Waals surface area contributed by atoms with Crippen molar-refractivity contribution < 1.29 is 107 Å². The second kappa shape index (κ2) is 53.1. The number of benzene rings is 1. The van der Waals surface area contributed by atoms with Crippen molar-refractivity contribution in [1.29, 1.82) is 0 Å². The maximum absolute atomic E-state index is 14.5. The summed E-state index contributed by atoms with van der Waals surface area (Å²) in [6.07, 6.45) is -5.34. The van der Waals surface area contributed by atoms with Crippen LogP contribution < -0.4 is 115 Å². The number of hydrogen-bond acceptors (Lipinski definition) is 25. The Morgan fingerprint density at radius 3 is 1.19 bits per heavy atom. The first kappa shape index (κ1) is 100. The van der Waals surface area contributed by atoms with Crippen molar-refractivity contribution in [2.75, 3.05) is 38.5 Å². The fraction of sp³-hybridized carbons (Fsp3) is 0.632. The lowest BCUT2D eigenvalue weighted by atomic mass is 9.96. The number of carbonyl (C=O) groups excluding carboxylic acids is 16. The van der Waals surface area contributed by atoms with Crippen molar-refractivity contribution in [2.24, 2.45) is 62.7 Å². The van der Waals surface area contributed by atoms with Gasteiger partial charge in [0.05, 0.1) is 44.6 Å². The van der Waals surface area contributed by atoms with Crippen LogP contribution >= 0.6 is 12.6 Å². The molecular weight excluding hydrogens is 1510 g/mol. The van der Waals surface area contributed by atoms with Gasteiger partial charge in [-0.25, -0.2) is 4.79 Å². The Balaban J connectivity index is 3.66. The number of carboxylic acid groups (broad SMARTS) is 2. The van der Waals surface area contributed by atoms with Crippen molar-refractivity contribution in [2.45, 2.75) is 222 Å². The highest BCUT2D eigenvalue weighted by Crippen LogP contribution is 2.15. The molecule has 0 spiro atoms. The first-order valence-corrected chi connectivity index (χ1v) is 37.2. The number of rotatable bonds is 57. The number of unbranched alkanes of at least 4 members (excludes halogenated alkanes) is 2. The van der Waals surface area contributed by atoms with Crippen molar-refractivity contribution in [3.63, 3.8) is 0 Å². The minimum absolute atomic E-state index is 0.0500. The summed E-state index contributed by atoms with van der Waals surface area (Å²) < 4.78 is 0. The summed E-state index contributed by atoms with van der Waals surface area (Å²) in [6.45, 7) is 5.51. The maximum atomic E-state index is 14.5. The molecule has 634 valence electrons. The average molecular weight is 1620 g/mol. The number of guanidine groups is 1. The number of aliphatic carboxylic acids is 2. The summed E-state index contributed by atoms with van der Waals surface area (Å²) in [5, 5.41) is 69.8. The van der Waals surface area contributed by atoms with Crippen LogP contribution in [0.4, 0.5) is 0 Å². The SMILES string of the molecule is CC[C@H](C)[C@H](NC(=O)[C@H](Cc1ccccc1)NC(=O)[C@H](CCCCN)NC(=O)[C@H](CC(N)=O)NC(=O)[C@@H](N)CS)C(=O)NCC(=O)N[C@H](C(=O)N[C@@H](CCCCN)C(=O)N[C@@H](CCCN=C(N)N)C(=O)N[C@@H](CC(N)=O)C(=O)N[C@@H](CC(N)=O)C(=O)N[C@H](C(=O)N[C@@H](CCC(=O)O)C(=O)N[C@@H](CO)C(=O)O)[C@@H](C)CC)[C@@H](C)O. The quantitative estimate of drug-likeness (QED) is 0.0125. The zero-order valence-electron chi connectivity index (χ0n) is 63.8. The van der Waals surface area contributed by atoms with E-state index in [-0.39, 0.29) is 95.6 Å². The Labute approximate surface area is 657 Å². The summed E-state index contributed by atoms with van der Waals surface area (Å²) >= 11 is 3.99. The summed E-state index contributed by atoms with van der Waals surface area (Å²) in [5.41, 5.74) is 45.2. The highest BCUT2D eigenvalue weighted by Gasteiger charge is 2.39. The molecular formula is C68H114N22O22S. The largest absolute Gasteiger partial charge is 0.481 e. The third-order valence-corrected chi connectivity index (χ3v) is 17.9. The van der Waals surface area contributed by atoms with Crippen molar-refractivity contribution >= 4 is 125 Å². The fourth-order valence-corrected chi connectivity index (χ4v) is 10.8. The van der Waals surface area contributed by atoms with Gasteiger partial charge in [-0.15, -0.1) is 0 Å². The molecule has 1 aromatic carbocycles. The van der Waals surface area contributed by atoms with Gasteiger partial charge < -0.3 is 135 Å². The summed E-state index contributed by atoms with van der Waals surface area (Å²) in [5.74, 6) is -22.8. The van der Waals surface area contributed by atoms with E-state index in [1.54, 1.807) is 51.1 Å². The minimum atomic E-state index is -2.04. The zero-order chi connectivity index (χ0) is 85.8. The predicted octanol–water partition coefficient (Wildman–Crippen LogP) is -10.2. The van der Waals surface area contributed by atoms with Crippen LogP contribution in [0, 0.1) is 11.8 Å². The van der Waals surface area contributed by atoms with E-state index in [2.05, 4.69) is 81.4 Å². The van der Waals surface area contributed by atoms with Crippen molar-refractivity contribution in [3.8, 4) is 0 Å². The van der Waals surface area contributed by atoms with Gasteiger partial charge in [0.1, 0.15) is 72.5 Å². The molecule has 0 aliphatic carbocycles. The number of hydrogen-bond donors (Lipinski definition) is 26. The van der Waals surface area contributed by atoms with Crippen molar-refractivity contribution in [1.82, 2.24) is 69.1 Å². The molecule has 45 heteroatoms. The van der Waals surface area contributed by atoms with Gasteiger partial charge in [0.25, 0.3) is 0 Å². The number of primary amides is 3. The molecule has 0 saturated heterocycles. The van der Waals surface area contributed by atoms with Crippen LogP contribution in [-0.4, -0.2) is 256 Å². The Morgan fingerprint density at radius 1 is 0.442 bits per heavy atom. The van der Waals surface area contributed by atoms with Gasteiger partial charge in [-0.1, -0.05) is 70.9 Å². The second-order valence-electron chi connectivity index (χ2n) is 26.8. The third kappa shape index (κ3) is 38.7. The number of aliphatic hydroxyl groups excluding tert-OH is 2. The average Bonchev–Trinajstić information content (AvgIpc) is 0.850. The lowest BCUT2D eigenvalue weighted by molar-refractivity contribution is -0.144. The molecule has 0 heterocycles. The first-order chi connectivity index (χ1) is 53.2. The van der Waals surface area contributed by atoms with Crippen LogP contribution in [0.15, 0.2) is 35.3 Å². The Morgan fingerprint density at radius 2 is 0.805 bits per heavy atom. The van der Waals surface area contributed by atoms with Gasteiger partial charge in [0.15, 0.2) is 5.96 Å². The molecule has 1 aromatic rings. The fourth-order valence-electron chi connectivity index (χ4n) is 10.6. The van der Waals surface area contributed by atoms with Crippen molar-refractivity contribution in [3.05, 3.63) is 35.9 Å². The Bertz CT molecular complexity index is 3430. The molecule has 0 aliphatic heterocycles. The first-order valence-electron chi connectivity index (χ1n) is 36.5. The van der Waals surface area contributed by atoms with E-state index in [0.29, 0.717) is 12.0 Å². The van der Waals surface area contributed by atoms with E-state index in [0.717, 1.165) is 6.92 Å². The van der Waals surface area contributed by atoms with E-state index in [1.807, 2.05) is 5.32 Å². The van der Waals surface area contributed by atoms with Gasteiger partial charge >= 0.3 is 11.9 Å². The second-order valence-corrected chi connectivity index (χ2v) is 27.1. The van der Waals surface area contributed by atoms with Gasteiger partial charge in [0.2, 0.25) is 94.5 Å². The molecule has 0 aliphatic rings. The Hall–Kier alpha value is -10.9. The van der Waals surface area contributed by atoms with Crippen LogP contribution in [0.3, 0.4) is 0 Å². The van der Waals surface area contributed by atoms with Crippen LogP contribution in [-0.2, 0) is 92.7 Å². The minimum Gasteiger partial charge on any atom is -0.481 e. The number of nitrogens with zero attached hydrogens (tertiary/aromatic N) is 1. The molecule has 0 fully saturated rings. The van der Waals surface area contributed by atoms with E-state index in [9.17, 15) is 107 Å². The molecule has 0 aromatic heterocycles. The monoisotopic (exact) mass is 1620 g/mol. The molecule has 16 atom stereocenters. The lowest BCUT2D eigenvalue weighted by Gasteiger charge is -2.29. The topological polar surface area (TPSA) is 765 Å². The number of carboxylic acids is 2. The lowest BCUT2D eigenvalue weighted by Crippen LogP contribution is -2.62. The number of carbonyl (C=O) groups is 18. The van der Waals surface area contributed by atoms with Crippen LogP contribution in [0.5, 0.6) is 0 Å². The summed E-state index contributed by atoms with van der Waals surface area (Å²) in [7, 11) is 0. The van der Waals surface area contributed by atoms with E-state index >= 15 is 0 Å². The van der Waals surface area contributed by atoms with E-state index < -0.39 is 248 Å². The molecule has 16 amide bonds. The molecule has 0 radical (unpaired) electrons. The van der Waals surface area contributed by atoms with Crippen LogP contribution in [0.25, 0.3) is 0 Å². The van der Waals surface area contributed by atoms with Gasteiger partial charge in [-0.3, -0.25) is 86.5 Å². The number of amides is 16. The van der Waals surface area contributed by atoms with Gasteiger partial charge in [0, 0.05) is 25.1 Å². The summed E-state index contributed by atoms with van der Waals surface area (Å²) in [6, 6.07) is -13.3. The van der Waals surface area contributed by atoms with Crippen LogP contribution in [0.2, 0.25) is 0 Å². The number of aliphatic hydroxyl groups is 2. The molecule has 113 heavy (non-hydrogen) atoms. The standard InChI is InChI=1S/C68H114N22O22S/c1-6-33(3)52(89-62(106)42(26-36-16-9-8-10-17-36)84-57(101)38(18-11-13-23-69)80-60(104)43(27-47(72)93)83-55(99)37(71)32-113)64(108)78-30-50(96)88-54(35(5)92)66(110)81-39(19-12-14-24-70)56(100)79-40(20-15-25-77-68(75)76)58(102)85-44(28-48(73)94)61(105)86-45(29-49(74)95)63(107)90-53(34(4)7-2)65(109)82-41(21-22-51(97)98)59(103)87-46(31-91)67(111)112/h8-10,16-17,33-35,37-46,52-54,91-92,113H,6-7,11-15,18-32,69-71H2,1-5H3,(H2,72,93)(H2,73,94)(H2,74,95)(H,78,108)(H,79,100)(H,80,104)(H,81,110)(H,82,109)(H,83,99)(H,84,101)(H,85,102)(H,86,105)(H,87,103)(H,88,96)(H,89,106)(H,90,107)(H,97,98)(H,111,112)(H4,75,76,77)/t33-,34-,35+,37-,38-,39-,40-,41-,42-,43-,44-,45-,46-,52-,53-,54-/m0/s1. The molecule has 0 bridgehead atoms. The van der Waals surface area contributed by atoms with E-state index in [1.165, 1.54) is 6.92 Å². The molecule has 44 nitrogen and oxygen atoms in total. The highest BCUT2D eigenvalue weighted by molar-refractivity contribution is 7.80. The summed E-state index contributed by atoms with van der Waals surface area (Å²) in [4.78, 5) is 245. The molecule has 1 rings (SSSR count). The molecule has 0 unspecified atom stereocenters. The Kier molecular flexibility index (Phi) is 47.1. The predicted molar refractivity (Wildman–Crippen MR) is 407 cm³/mol. The number of nitrogens with one attached hydrogen (secondary N) is 13. The van der Waals surface area contributed by atoms with Gasteiger partial charge in [-0.05, 0) is 95.2 Å². The van der Waals surface area contributed by atoms with Crippen LogP contribution in [0.1, 0.15) is 136 Å². The third-order valence-electron chi connectivity index (χ3n) is 17.5. The molecule has 33 N–H and O–H groups in total. The number of thiol groups is 1. The highest BCUT2D eigenvalue weighted by atomic mass is 32.1. The van der Waals surface area contributed by atoms with E-state index in [4.69, 9.17) is 45.9 Å². The maximum Gasteiger partial charge on any atom is 0.328 e. The number of nitrogens with two attached hydrogens (primary N) is 8. The van der Waals surface area contributed by atoms with Gasteiger partial charge in [-0.2, -0.15) is 12.6 Å². The smallest absolute Gasteiger partial charge is 0.328 e. The normalized spacial score (nSPS) is 15.2. The zero-order valence-corrected chi connectivity index (χ0v) is 64.7. The molecule has 0 saturated carbocycles.